The number of hydrogen-bond acceptors (Lipinski definition) is 6. The smallest absolute Gasteiger partial charge is 0.333 e. The third-order valence-electron chi connectivity index (χ3n) is 6.53. The van der Waals surface area contributed by atoms with Crippen molar-refractivity contribution in [1.29, 1.82) is 0 Å². The van der Waals surface area contributed by atoms with Crippen molar-refractivity contribution in [3.05, 3.63) is 47.5 Å². The lowest BCUT2D eigenvalue weighted by Gasteiger charge is -2.29. The maximum absolute atomic E-state index is 13.2. The van der Waals surface area contributed by atoms with E-state index in [1.54, 1.807) is 13.8 Å². The van der Waals surface area contributed by atoms with E-state index in [1.165, 1.54) is 0 Å². The minimum atomic E-state index is -0.825. The first kappa shape index (κ1) is 23.0. The van der Waals surface area contributed by atoms with Gasteiger partial charge in [0.15, 0.2) is 0 Å². The van der Waals surface area contributed by atoms with Crippen LogP contribution in [0.5, 0.6) is 0 Å². The molecular weight excluding hydrogens is 396 g/mol. The third kappa shape index (κ3) is 4.53. The molecule has 3 rings (SSSR count). The summed E-state index contributed by atoms with van der Waals surface area (Å²) in [7, 11) is 0. The number of rotatable bonds is 6. The summed E-state index contributed by atoms with van der Waals surface area (Å²) in [5.74, 6) is -2.76. The fourth-order valence-electron chi connectivity index (χ4n) is 4.80. The van der Waals surface area contributed by atoms with Crippen molar-refractivity contribution in [2.24, 2.45) is 23.7 Å². The summed E-state index contributed by atoms with van der Waals surface area (Å²) in [4.78, 5) is 37.8. The van der Waals surface area contributed by atoms with Crippen LogP contribution in [-0.2, 0) is 34.2 Å². The largest absolute Gasteiger partial charge is 0.458 e. The number of carbonyl (C=O) groups excluding carboxylic acids is 3. The number of hydrogen-bond donors (Lipinski definition) is 0. The predicted octanol–water partition coefficient (Wildman–Crippen LogP) is 4.09. The molecule has 1 saturated carbocycles. The van der Waals surface area contributed by atoms with Crippen molar-refractivity contribution >= 4 is 17.9 Å². The zero-order chi connectivity index (χ0) is 23.1. The lowest BCUT2D eigenvalue weighted by Crippen LogP contribution is -2.35. The van der Waals surface area contributed by atoms with Crippen LogP contribution in [-0.4, -0.2) is 30.1 Å². The van der Waals surface area contributed by atoms with Crippen LogP contribution in [0.25, 0.3) is 0 Å². The van der Waals surface area contributed by atoms with E-state index in [2.05, 4.69) is 6.58 Å². The van der Waals surface area contributed by atoms with Gasteiger partial charge < -0.3 is 14.2 Å². The molecule has 0 bridgehead atoms. The van der Waals surface area contributed by atoms with Crippen molar-refractivity contribution in [3.63, 3.8) is 0 Å². The summed E-state index contributed by atoms with van der Waals surface area (Å²) in [6.07, 6.45) is -0.568. The second-order valence-corrected chi connectivity index (χ2v) is 9.52. The quantitative estimate of drug-likeness (QED) is 0.386. The van der Waals surface area contributed by atoms with E-state index in [9.17, 15) is 14.4 Å². The molecule has 1 aliphatic heterocycles. The van der Waals surface area contributed by atoms with Crippen molar-refractivity contribution in [2.75, 3.05) is 0 Å². The van der Waals surface area contributed by atoms with Gasteiger partial charge in [-0.2, -0.15) is 0 Å². The molecule has 6 unspecified atom stereocenters. The van der Waals surface area contributed by atoms with Crippen molar-refractivity contribution < 1.29 is 28.6 Å². The average molecular weight is 429 g/mol. The summed E-state index contributed by atoms with van der Waals surface area (Å²) in [5, 5.41) is 0. The highest BCUT2D eigenvalue weighted by Gasteiger charge is 2.59. The molecule has 0 N–H and O–H groups in total. The number of fused-ring (bicyclic) bond motifs is 1. The first-order valence-corrected chi connectivity index (χ1v) is 10.8. The second kappa shape index (κ2) is 8.48. The van der Waals surface area contributed by atoms with E-state index in [4.69, 9.17) is 14.2 Å². The van der Waals surface area contributed by atoms with Crippen molar-refractivity contribution in [3.8, 4) is 0 Å². The normalized spacial score (nSPS) is 28.5. The van der Waals surface area contributed by atoms with Gasteiger partial charge in [0.25, 0.3) is 0 Å². The van der Waals surface area contributed by atoms with Gasteiger partial charge >= 0.3 is 17.9 Å². The number of ether oxygens (including phenoxy) is 3. The van der Waals surface area contributed by atoms with Crippen LogP contribution in [0.3, 0.4) is 0 Å². The highest BCUT2D eigenvalue weighted by atomic mass is 16.6. The number of benzene rings is 1. The SMILES string of the molecule is C=C(C)C(=O)OC(C)C1OC(=O)C2C1CC(C)C2C(=O)OC(C)(C)c1ccc(C)cc1. The van der Waals surface area contributed by atoms with Gasteiger partial charge in [-0.15, -0.1) is 0 Å². The van der Waals surface area contributed by atoms with Crippen LogP contribution in [0.15, 0.2) is 36.4 Å². The van der Waals surface area contributed by atoms with Gasteiger partial charge in [0.05, 0.1) is 11.8 Å². The van der Waals surface area contributed by atoms with Crippen LogP contribution in [0.1, 0.15) is 52.2 Å². The number of esters is 3. The summed E-state index contributed by atoms with van der Waals surface area (Å²) in [5.41, 5.74) is 1.47. The molecule has 6 heteroatoms. The van der Waals surface area contributed by atoms with E-state index in [0.29, 0.717) is 6.42 Å². The van der Waals surface area contributed by atoms with E-state index in [1.807, 2.05) is 52.0 Å². The Morgan fingerprint density at radius 2 is 1.84 bits per heavy atom. The van der Waals surface area contributed by atoms with Gasteiger partial charge in [0.1, 0.15) is 17.8 Å². The molecule has 6 atom stereocenters. The summed E-state index contributed by atoms with van der Waals surface area (Å²) in [6, 6.07) is 7.85. The van der Waals surface area contributed by atoms with Crippen LogP contribution in [0.2, 0.25) is 0 Å². The Bertz CT molecular complexity index is 884. The molecule has 1 aliphatic carbocycles. The predicted molar refractivity (Wildman–Crippen MR) is 115 cm³/mol. The molecule has 31 heavy (non-hydrogen) atoms. The Balaban J connectivity index is 1.75. The molecule has 1 aromatic rings. The van der Waals surface area contributed by atoms with Gasteiger partial charge in [-0.05, 0) is 52.5 Å². The molecule has 1 heterocycles. The first-order valence-electron chi connectivity index (χ1n) is 10.8. The molecule has 1 aromatic carbocycles. The molecule has 1 saturated heterocycles. The monoisotopic (exact) mass is 428 g/mol. The van der Waals surface area contributed by atoms with Crippen molar-refractivity contribution in [1.82, 2.24) is 0 Å². The number of cyclic esters (lactones) is 1. The van der Waals surface area contributed by atoms with Crippen LogP contribution in [0.4, 0.5) is 0 Å². The topological polar surface area (TPSA) is 78.9 Å². The third-order valence-corrected chi connectivity index (χ3v) is 6.53. The molecular formula is C25H32O6. The minimum Gasteiger partial charge on any atom is -0.458 e. The molecule has 2 fully saturated rings. The van der Waals surface area contributed by atoms with E-state index >= 15 is 0 Å². The lowest BCUT2D eigenvalue weighted by atomic mass is 9.86. The maximum Gasteiger partial charge on any atom is 0.333 e. The van der Waals surface area contributed by atoms with Gasteiger partial charge in [0.2, 0.25) is 0 Å². The molecule has 0 radical (unpaired) electrons. The molecule has 0 amide bonds. The van der Waals surface area contributed by atoms with E-state index in [-0.39, 0.29) is 17.4 Å². The van der Waals surface area contributed by atoms with Crippen molar-refractivity contribution in [2.45, 2.75) is 65.8 Å². The van der Waals surface area contributed by atoms with E-state index in [0.717, 1.165) is 11.1 Å². The van der Waals surface area contributed by atoms with Gasteiger partial charge in [-0.25, -0.2) is 4.79 Å². The summed E-state index contributed by atoms with van der Waals surface area (Å²) >= 11 is 0. The van der Waals surface area contributed by atoms with Gasteiger partial charge in [0, 0.05) is 11.5 Å². The number of aryl methyl sites for hydroxylation is 1. The molecule has 2 aliphatic rings. The highest BCUT2D eigenvalue weighted by molar-refractivity contribution is 5.87. The van der Waals surface area contributed by atoms with Gasteiger partial charge in [-0.1, -0.05) is 43.3 Å². The Kier molecular flexibility index (Phi) is 6.30. The standard InChI is InChI=1S/C25H32O6/c1-13(2)22(26)29-16(5)21-18-12-15(4)19(20(18)23(27)30-21)24(28)31-25(6,7)17-10-8-14(3)9-11-17/h8-11,15-16,18-21H,1,12H2,2-7H3. The van der Waals surface area contributed by atoms with E-state index < -0.39 is 47.6 Å². The lowest BCUT2D eigenvalue weighted by molar-refractivity contribution is -0.169. The summed E-state index contributed by atoms with van der Waals surface area (Å²) in [6.45, 7) is 14.5. The van der Waals surface area contributed by atoms with Crippen LogP contribution < -0.4 is 0 Å². The number of carbonyl (C=O) groups is 3. The Morgan fingerprint density at radius 1 is 1.23 bits per heavy atom. The Hall–Kier alpha value is -2.63. The molecule has 6 nitrogen and oxygen atoms in total. The maximum atomic E-state index is 13.2. The Morgan fingerprint density at radius 3 is 2.42 bits per heavy atom. The molecule has 0 aromatic heterocycles. The minimum absolute atomic E-state index is 0.0456. The van der Waals surface area contributed by atoms with Crippen LogP contribution in [0, 0.1) is 30.6 Å². The zero-order valence-corrected chi connectivity index (χ0v) is 19.1. The second-order valence-electron chi connectivity index (χ2n) is 9.52. The first-order chi connectivity index (χ1) is 14.4. The average Bonchev–Trinajstić information content (AvgIpc) is 3.17. The zero-order valence-electron chi connectivity index (χ0n) is 19.1. The fourth-order valence-corrected chi connectivity index (χ4v) is 4.80. The molecule has 168 valence electrons. The summed E-state index contributed by atoms with van der Waals surface area (Å²) < 4.78 is 16.9. The van der Waals surface area contributed by atoms with Gasteiger partial charge in [-0.3, -0.25) is 9.59 Å². The highest BCUT2D eigenvalue weighted by Crippen LogP contribution is 2.50. The fraction of sp³-hybridized carbons (Fsp3) is 0.560. The van der Waals surface area contributed by atoms with Crippen LogP contribution >= 0.6 is 0 Å². The molecule has 0 spiro atoms. The Labute approximate surface area is 183 Å².